The van der Waals surface area contributed by atoms with Gasteiger partial charge in [-0.2, -0.15) is 0 Å². The lowest BCUT2D eigenvalue weighted by atomic mass is 9.80. The minimum absolute atomic E-state index is 0. The van der Waals surface area contributed by atoms with Gasteiger partial charge in [0.25, 0.3) is 11.8 Å². The zero-order valence-corrected chi connectivity index (χ0v) is 23.4. The number of aliphatic imine (C=N–C) groups is 1. The molecule has 0 spiro atoms. The van der Waals surface area contributed by atoms with Crippen molar-refractivity contribution in [3.8, 4) is 11.5 Å². The first kappa shape index (κ1) is 29.0. The topological polar surface area (TPSA) is 146 Å². The summed E-state index contributed by atoms with van der Waals surface area (Å²) in [5, 5.41) is 2.69. The van der Waals surface area contributed by atoms with E-state index in [9.17, 15) is 14.4 Å². The second kappa shape index (κ2) is 9.94. The van der Waals surface area contributed by atoms with Crippen molar-refractivity contribution in [1.29, 1.82) is 0 Å². The van der Waals surface area contributed by atoms with E-state index in [1.165, 1.54) is 0 Å². The smallest absolute Gasteiger partial charge is 0.255 e. The molecule has 9 nitrogen and oxygen atoms in total. The largest absolute Gasteiger partial charge is 0.483 e. The average molecular weight is 543 g/mol. The fraction of sp³-hybridized carbons (Fsp3) is 0.429. The van der Waals surface area contributed by atoms with E-state index in [-0.39, 0.29) is 19.0 Å². The van der Waals surface area contributed by atoms with E-state index in [1.54, 1.807) is 32.0 Å². The Bertz CT molecular complexity index is 1350. The molecule has 2 heterocycles. The Labute approximate surface area is 228 Å². The van der Waals surface area contributed by atoms with Crippen molar-refractivity contribution in [3.05, 3.63) is 58.1 Å². The van der Waals surface area contributed by atoms with Crippen LogP contribution in [-0.4, -0.2) is 46.7 Å². The molecular formula is C28H35ClN4O5. The number of carbonyl (C=O) groups is 3. The van der Waals surface area contributed by atoms with Crippen molar-refractivity contribution in [2.24, 2.45) is 16.5 Å². The molecule has 0 unspecified atom stereocenters. The van der Waals surface area contributed by atoms with Gasteiger partial charge in [-0.3, -0.25) is 19.4 Å². The average Bonchev–Trinajstić information content (AvgIpc) is 3.10. The number of nitrogens with two attached hydrogens (primary N) is 2. The number of primary amides is 2. The Morgan fingerprint density at radius 3 is 2.42 bits per heavy atom. The first-order valence-electron chi connectivity index (χ1n) is 12.2. The molecular weight excluding hydrogens is 508 g/mol. The highest BCUT2D eigenvalue weighted by molar-refractivity contribution is 6.17. The lowest BCUT2D eigenvalue weighted by molar-refractivity contribution is -0.123. The number of fused-ring (bicyclic) bond motifs is 3. The van der Waals surface area contributed by atoms with Gasteiger partial charge in [0.1, 0.15) is 11.1 Å². The number of halogens is 1. The molecule has 2 aliphatic rings. The van der Waals surface area contributed by atoms with Crippen molar-refractivity contribution in [3.63, 3.8) is 0 Å². The van der Waals surface area contributed by atoms with Crippen molar-refractivity contribution in [2.45, 2.75) is 71.1 Å². The molecule has 5 N–H and O–H groups in total. The van der Waals surface area contributed by atoms with E-state index in [0.717, 1.165) is 28.0 Å². The summed E-state index contributed by atoms with van der Waals surface area (Å²) in [6, 6.07) is 9.05. The van der Waals surface area contributed by atoms with Crippen LogP contribution in [0.15, 0.2) is 35.3 Å². The van der Waals surface area contributed by atoms with Crippen LogP contribution < -0.4 is 26.3 Å². The van der Waals surface area contributed by atoms with Gasteiger partial charge in [0.05, 0.1) is 11.3 Å². The molecule has 4 rings (SSSR count). The van der Waals surface area contributed by atoms with E-state index in [0.29, 0.717) is 29.9 Å². The molecule has 0 saturated carbocycles. The zero-order chi connectivity index (χ0) is 27.3. The Morgan fingerprint density at radius 1 is 1.11 bits per heavy atom. The normalized spacial score (nSPS) is 16.6. The number of hydrogen-bond acceptors (Lipinski definition) is 6. The Balaban J connectivity index is 0.00000400. The summed E-state index contributed by atoms with van der Waals surface area (Å²) in [6.45, 7) is 10.9. The van der Waals surface area contributed by atoms with Crippen LogP contribution >= 0.6 is 12.4 Å². The summed E-state index contributed by atoms with van der Waals surface area (Å²) in [6.07, 6.45) is 1.27. The number of nitrogens with one attached hydrogen (secondary N) is 1. The number of ether oxygens (including phenoxy) is 2. The van der Waals surface area contributed by atoms with Gasteiger partial charge in [0, 0.05) is 28.7 Å². The van der Waals surface area contributed by atoms with E-state index < -0.39 is 34.4 Å². The van der Waals surface area contributed by atoms with Gasteiger partial charge in [0.2, 0.25) is 5.91 Å². The molecule has 2 aromatic carbocycles. The zero-order valence-electron chi connectivity index (χ0n) is 22.6. The summed E-state index contributed by atoms with van der Waals surface area (Å²) in [5.74, 6) is -0.546. The van der Waals surface area contributed by atoms with E-state index >= 15 is 0 Å². The third kappa shape index (κ3) is 5.78. The number of hydrogen-bond donors (Lipinski definition) is 3. The molecule has 0 aliphatic carbocycles. The molecule has 3 amide bonds. The lowest BCUT2D eigenvalue weighted by Crippen LogP contribution is -2.53. The van der Waals surface area contributed by atoms with Crippen LogP contribution in [0.25, 0.3) is 0 Å². The minimum Gasteiger partial charge on any atom is -0.483 e. The van der Waals surface area contributed by atoms with Crippen molar-refractivity contribution >= 4 is 35.8 Å². The number of carbonyl (C=O) groups excluding carboxylic acids is 3. The lowest BCUT2D eigenvalue weighted by Gasteiger charge is -2.31. The molecule has 2 aliphatic heterocycles. The van der Waals surface area contributed by atoms with Crippen LogP contribution in [0.4, 0.5) is 0 Å². The van der Waals surface area contributed by atoms with Gasteiger partial charge in [-0.05, 0) is 71.7 Å². The third-order valence-electron chi connectivity index (χ3n) is 6.49. The molecule has 0 saturated heterocycles. The highest BCUT2D eigenvalue weighted by Crippen LogP contribution is 2.48. The van der Waals surface area contributed by atoms with Gasteiger partial charge < -0.3 is 26.3 Å². The van der Waals surface area contributed by atoms with Gasteiger partial charge in [-0.25, -0.2) is 0 Å². The molecule has 10 heteroatoms. The summed E-state index contributed by atoms with van der Waals surface area (Å²) in [7, 11) is 0. The standard InChI is InChI=1S/C28H34N4O5.ClH/c1-26(2)12-17-11-19(36-14-20(29)33)23-18(13-27(3,4)37-23)21(17)22(31-26)15-8-7-9-16(10-15)24(34)32-28(5,6)25(30)35;/h7-11H,12-14H2,1-6H3,(H2,29,33)(H2,30,35)(H,32,34);1H. The minimum atomic E-state index is -1.20. The first-order valence-corrected chi connectivity index (χ1v) is 12.2. The predicted octanol–water partition coefficient (Wildman–Crippen LogP) is 2.85. The van der Waals surface area contributed by atoms with Gasteiger partial charge in [0.15, 0.2) is 18.1 Å². The van der Waals surface area contributed by atoms with Crippen LogP contribution in [-0.2, 0) is 22.4 Å². The quantitative estimate of drug-likeness (QED) is 0.492. The summed E-state index contributed by atoms with van der Waals surface area (Å²) in [4.78, 5) is 41.2. The predicted molar refractivity (Wildman–Crippen MR) is 147 cm³/mol. The van der Waals surface area contributed by atoms with Crippen LogP contribution in [0.1, 0.15) is 74.2 Å². The Hall–Kier alpha value is -3.59. The second-order valence-electron chi connectivity index (χ2n) is 11.5. The fourth-order valence-electron chi connectivity index (χ4n) is 4.76. The van der Waals surface area contributed by atoms with Gasteiger partial charge >= 0.3 is 0 Å². The highest BCUT2D eigenvalue weighted by Gasteiger charge is 2.40. The van der Waals surface area contributed by atoms with E-state index in [2.05, 4.69) is 5.32 Å². The number of rotatable bonds is 7. The van der Waals surface area contributed by atoms with E-state index in [1.807, 2.05) is 39.8 Å². The van der Waals surface area contributed by atoms with Gasteiger partial charge in [-0.1, -0.05) is 12.1 Å². The highest BCUT2D eigenvalue weighted by atomic mass is 35.5. The maximum atomic E-state index is 13.0. The van der Waals surface area contributed by atoms with Crippen LogP contribution in [0, 0.1) is 0 Å². The third-order valence-corrected chi connectivity index (χ3v) is 6.49. The SMILES string of the molecule is CC1(C)Cc2cc(OCC(N)=O)c3c(c2C(c2cccc(C(=O)NC(C)(C)C(N)=O)c2)=N1)CC(C)(C)O3.Cl. The van der Waals surface area contributed by atoms with Crippen molar-refractivity contribution < 1.29 is 23.9 Å². The second-order valence-corrected chi connectivity index (χ2v) is 11.5. The number of nitrogens with zero attached hydrogens (tertiary/aromatic N) is 1. The molecule has 0 radical (unpaired) electrons. The molecule has 38 heavy (non-hydrogen) atoms. The Morgan fingerprint density at radius 2 is 1.79 bits per heavy atom. The first-order chi connectivity index (χ1) is 17.1. The Kier molecular flexibility index (Phi) is 7.58. The summed E-state index contributed by atoms with van der Waals surface area (Å²) >= 11 is 0. The van der Waals surface area contributed by atoms with Crippen molar-refractivity contribution in [1.82, 2.24) is 5.32 Å². The molecule has 0 fully saturated rings. The maximum absolute atomic E-state index is 13.0. The fourth-order valence-corrected chi connectivity index (χ4v) is 4.76. The summed E-state index contributed by atoms with van der Waals surface area (Å²) < 4.78 is 12.0. The number of benzene rings is 2. The molecule has 204 valence electrons. The van der Waals surface area contributed by atoms with Crippen LogP contribution in [0.3, 0.4) is 0 Å². The van der Waals surface area contributed by atoms with Crippen LogP contribution in [0.2, 0.25) is 0 Å². The molecule has 0 aromatic heterocycles. The van der Waals surface area contributed by atoms with Gasteiger partial charge in [-0.15, -0.1) is 12.4 Å². The maximum Gasteiger partial charge on any atom is 0.255 e. The monoisotopic (exact) mass is 542 g/mol. The number of amides is 3. The van der Waals surface area contributed by atoms with Crippen molar-refractivity contribution in [2.75, 3.05) is 6.61 Å². The van der Waals surface area contributed by atoms with E-state index in [4.69, 9.17) is 25.9 Å². The molecule has 0 bridgehead atoms. The molecule has 2 aromatic rings. The molecule has 0 atom stereocenters. The summed E-state index contributed by atoms with van der Waals surface area (Å²) in [5.41, 5.74) is 13.4. The van der Waals surface area contributed by atoms with Crippen LogP contribution in [0.5, 0.6) is 11.5 Å².